The molecule has 0 aliphatic rings. The van der Waals surface area contributed by atoms with E-state index in [2.05, 4.69) is 5.32 Å². The molecule has 18 heavy (non-hydrogen) atoms. The standard InChI is InChI=1S/C12H15ClN2O3/c1-3-4-8(2)14-12(16)10-6-5-9(15(17)18)7-11(10)13/h5-8H,3-4H2,1-2H3,(H,14,16). The van der Waals surface area contributed by atoms with E-state index in [1.807, 2.05) is 13.8 Å². The summed E-state index contributed by atoms with van der Waals surface area (Å²) < 4.78 is 0. The average Bonchev–Trinajstić information content (AvgIpc) is 2.28. The number of carbonyl (C=O) groups is 1. The lowest BCUT2D eigenvalue weighted by Gasteiger charge is -2.13. The molecule has 0 aromatic heterocycles. The monoisotopic (exact) mass is 270 g/mol. The number of nitro benzene ring substituents is 1. The lowest BCUT2D eigenvalue weighted by molar-refractivity contribution is -0.384. The van der Waals surface area contributed by atoms with Crippen molar-refractivity contribution in [3.63, 3.8) is 0 Å². The van der Waals surface area contributed by atoms with Gasteiger partial charge in [-0.25, -0.2) is 0 Å². The number of nitrogens with zero attached hydrogens (tertiary/aromatic N) is 1. The molecule has 0 heterocycles. The Morgan fingerprint density at radius 2 is 2.22 bits per heavy atom. The van der Waals surface area contributed by atoms with E-state index in [0.29, 0.717) is 0 Å². The maximum atomic E-state index is 11.9. The van der Waals surface area contributed by atoms with Gasteiger partial charge in [-0.1, -0.05) is 24.9 Å². The van der Waals surface area contributed by atoms with Crippen molar-refractivity contribution in [3.8, 4) is 0 Å². The molecule has 0 bridgehead atoms. The normalized spacial score (nSPS) is 11.9. The molecule has 1 aromatic rings. The van der Waals surface area contributed by atoms with Crippen molar-refractivity contribution in [1.82, 2.24) is 5.32 Å². The first-order chi connectivity index (χ1) is 8.45. The Morgan fingerprint density at radius 3 is 2.72 bits per heavy atom. The fourth-order valence-electron chi connectivity index (χ4n) is 1.61. The van der Waals surface area contributed by atoms with Crippen LogP contribution in [0.25, 0.3) is 0 Å². The minimum Gasteiger partial charge on any atom is -0.350 e. The van der Waals surface area contributed by atoms with E-state index < -0.39 is 4.92 Å². The van der Waals surface area contributed by atoms with Gasteiger partial charge in [0.05, 0.1) is 15.5 Å². The highest BCUT2D eigenvalue weighted by molar-refractivity contribution is 6.34. The van der Waals surface area contributed by atoms with Gasteiger partial charge in [-0.3, -0.25) is 14.9 Å². The predicted octanol–water partition coefficient (Wildman–Crippen LogP) is 3.17. The largest absolute Gasteiger partial charge is 0.350 e. The van der Waals surface area contributed by atoms with Gasteiger partial charge in [0.25, 0.3) is 11.6 Å². The van der Waals surface area contributed by atoms with Gasteiger partial charge in [0.1, 0.15) is 0 Å². The van der Waals surface area contributed by atoms with Crippen molar-refractivity contribution >= 4 is 23.2 Å². The maximum absolute atomic E-state index is 11.9. The number of rotatable bonds is 5. The zero-order valence-electron chi connectivity index (χ0n) is 10.3. The van der Waals surface area contributed by atoms with Gasteiger partial charge < -0.3 is 5.32 Å². The van der Waals surface area contributed by atoms with Gasteiger partial charge in [-0.15, -0.1) is 0 Å². The smallest absolute Gasteiger partial charge is 0.270 e. The first-order valence-corrected chi connectivity index (χ1v) is 6.08. The number of non-ortho nitro benzene ring substituents is 1. The number of carbonyl (C=O) groups excluding carboxylic acids is 1. The van der Waals surface area contributed by atoms with Crippen molar-refractivity contribution in [1.29, 1.82) is 0 Å². The minimum atomic E-state index is -0.548. The summed E-state index contributed by atoms with van der Waals surface area (Å²) in [5, 5.41) is 13.4. The average molecular weight is 271 g/mol. The van der Waals surface area contributed by atoms with Crippen LogP contribution in [0.15, 0.2) is 18.2 Å². The lowest BCUT2D eigenvalue weighted by atomic mass is 10.1. The van der Waals surface area contributed by atoms with E-state index in [9.17, 15) is 14.9 Å². The summed E-state index contributed by atoms with van der Waals surface area (Å²) in [5.74, 6) is -0.309. The second-order valence-corrected chi connectivity index (χ2v) is 4.49. The van der Waals surface area contributed by atoms with Gasteiger partial charge >= 0.3 is 0 Å². The summed E-state index contributed by atoms with van der Waals surface area (Å²) >= 11 is 5.86. The number of hydrogen-bond acceptors (Lipinski definition) is 3. The third kappa shape index (κ3) is 3.70. The van der Waals surface area contributed by atoms with Crippen molar-refractivity contribution < 1.29 is 9.72 Å². The third-order valence-electron chi connectivity index (χ3n) is 2.51. The van der Waals surface area contributed by atoms with Gasteiger partial charge in [-0.05, 0) is 19.4 Å². The second-order valence-electron chi connectivity index (χ2n) is 4.08. The van der Waals surface area contributed by atoms with Crippen LogP contribution in [0.5, 0.6) is 0 Å². The van der Waals surface area contributed by atoms with E-state index in [0.717, 1.165) is 12.8 Å². The zero-order valence-corrected chi connectivity index (χ0v) is 11.0. The molecule has 0 radical (unpaired) electrons. The van der Waals surface area contributed by atoms with Gasteiger partial charge in [0, 0.05) is 18.2 Å². The van der Waals surface area contributed by atoms with Crippen LogP contribution < -0.4 is 5.32 Å². The van der Waals surface area contributed by atoms with E-state index in [4.69, 9.17) is 11.6 Å². The predicted molar refractivity (Wildman–Crippen MR) is 69.9 cm³/mol. The van der Waals surface area contributed by atoms with Crippen LogP contribution >= 0.6 is 11.6 Å². The fourth-order valence-corrected chi connectivity index (χ4v) is 1.87. The highest BCUT2D eigenvalue weighted by atomic mass is 35.5. The van der Waals surface area contributed by atoms with Crippen LogP contribution in [0.2, 0.25) is 5.02 Å². The molecule has 1 atom stereocenters. The van der Waals surface area contributed by atoms with Gasteiger partial charge in [0.15, 0.2) is 0 Å². The molecule has 0 aliphatic heterocycles. The van der Waals surface area contributed by atoms with E-state index in [1.54, 1.807) is 0 Å². The third-order valence-corrected chi connectivity index (χ3v) is 2.82. The molecule has 1 amide bonds. The van der Waals surface area contributed by atoms with Crippen LogP contribution in [0.1, 0.15) is 37.0 Å². The Kier molecular flexibility index (Phi) is 5.09. The van der Waals surface area contributed by atoms with Crippen LogP contribution in [0.4, 0.5) is 5.69 Å². The molecule has 1 unspecified atom stereocenters. The molecule has 0 saturated carbocycles. The molecule has 98 valence electrons. The van der Waals surface area contributed by atoms with E-state index in [1.165, 1.54) is 18.2 Å². The van der Waals surface area contributed by atoms with Crippen LogP contribution in [-0.2, 0) is 0 Å². The maximum Gasteiger partial charge on any atom is 0.270 e. The first kappa shape index (κ1) is 14.4. The summed E-state index contributed by atoms with van der Waals surface area (Å²) in [4.78, 5) is 21.9. The molecule has 1 aromatic carbocycles. The highest BCUT2D eigenvalue weighted by Gasteiger charge is 2.16. The molecule has 0 fully saturated rings. The SMILES string of the molecule is CCCC(C)NC(=O)c1ccc([N+](=O)[O-])cc1Cl. The van der Waals surface area contributed by atoms with Crippen LogP contribution in [-0.4, -0.2) is 16.9 Å². The second kappa shape index (κ2) is 6.35. The van der Waals surface area contributed by atoms with Gasteiger partial charge in [0.2, 0.25) is 0 Å². The summed E-state index contributed by atoms with van der Waals surface area (Å²) in [6.07, 6.45) is 1.84. The molecule has 5 nitrogen and oxygen atoms in total. The topological polar surface area (TPSA) is 72.2 Å². The first-order valence-electron chi connectivity index (χ1n) is 5.70. The highest BCUT2D eigenvalue weighted by Crippen LogP contribution is 2.22. The van der Waals surface area contributed by atoms with E-state index >= 15 is 0 Å². The molecular weight excluding hydrogens is 256 g/mol. The van der Waals surface area contributed by atoms with Crippen molar-refractivity contribution in [2.45, 2.75) is 32.7 Å². The summed E-state index contributed by atoms with van der Waals surface area (Å²) in [6, 6.07) is 3.87. The Hall–Kier alpha value is -1.62. The van der Waals surface area contributed by atoms with Crippen LogP contribution in [0.3, 0.4) is 0 Å². The fraction of sp³-hybridized carbons (Fsp3) is 0.417. The Bertz CT molecular complexity index is 463. The Balaban J connectivity index is 2.84. The number of nitrogens with one attached hydrogen (secondary N) is 1. The van der Waals surface area contributed by atoms with E-state index in [-0.39, 0.29) is 28.2 Å². The zero-order chi connectivity index (χ0) is 13.7. The Morgan fingerprint density at radius 1 is 1.56 bits per heavy atom. The van der Waals surface area contributed by atoms with Crippen molar-refractivity contribution in [3.05, 3.63) is 38.9 Å². The quantitative estimate of drug-likeness (QED) is 0.660. The molecular formula is C12H15ClN2O3. The summed E-state index contributed by atoms with van der Waals surface area (Å²) in [6.45, 7) is 3.93. The molecule has 6 heteroatoms. The summed E-state index contributed by atoms with van der Waals surface area (Å²) in [7, 11) is 0. The lowest BCUT2D eigenvalue weighted by Crippen LogP contribution is -2.32. The van der Waals surface area contributed by atoms with Crippen molar-refractivity contribution in [2.24, 2.45) is 0 Å². The Labute approximate surface area is 110 Å². The number of amides is 1. The minimum absolute atomic E-state index is 0.0498. The van der Waals surface area contributed by atoms with Crippen LogP contribution in [0, 0.1) is 10.1 Å². The molecule has 1 rings (SSSR count). The molecule has 0 aliphatic carbocycles. The molecule has 1 N–H and O–H groups in total. The number of nitro groups is 1. The molecule has 0 spiro atoms. The summed E-state index contributed by atoms with van der Waals surface area (Å²) in [5.41, 5.74) is 0.128. The van der Waals surface area contributed by atoms with Gasteiger partial charge in [-0.2, -0.15) is 0 Å². The van der Waals surface area contributed by atoms with Crippen molar-refractivity contribution in [2.75, 3.05) is 0 Å². The number of hydrogen-bond donors (Lipinski definition) is 1. The number of benzene rings is 1. The number of halogens is 1. The molecule has 0 saturated heterocycles.